The van der Waals surface area contributed by atoms with Crippen molar-refractivity contribution >= 4 is 36.1 Å². The zero-order valence-corrected chi connectivity index (χ0v) is 13.5. The van der Waals surface area contributed by atoms with E-state index in [9.17, 15) is 9.59 Å². The molecule has 1 heterocycles. The van der Waals surface area contributed by atoms with Crippen molar-refractivity contribution in [1.82, 2.24) is 10.6 Å². The van der Waals surface area contributed by atoms with Crippen LogP contribution in [-0.2, 0) is 9.59 Å². The first-order valence-electron chi connectivity index (χ1n) is 7.50. The lowest BCUT2D eigenvalue weighted by Crippen LogP contribution is -2.63. The number of benzene rings is 1. The molecule has 1 aliphatic heterocycles. The number of hydrogen-bond acceptors (Lipinski definition) is 4. The van der Waals surface area contributed by atoms with Gasteiger partial charge in [-0.2, -0.15) is 12.6 Å². The molecular weight excluding hydrogens is 298 g/mol. The predicted octanol–water partition coefficient (Wildman–Crippen LogP) is 2.42. The van der Waals surface area contributed by atoms with Crippen LogP contribution >= 0.6 is 12.6 Å². The lowest BCUT2D eigenvalue weighted by atomic mass is 9.77. The highest BCUT2D eigenvalue weighted by Crippen LogP contribution is 2.32. The molecule has 2 amide bonds. The Labute approximate surface area is 136 Å². The summed E-state index contributed by atoms with van der Waals surface area (Å²) in [5, 5.41) is 5.45. The van der Waals surface area contributed by atoms with E-state index >= 15 is 0 Å². The minimum atomic E-state index is -1.03. The van der Waals surface area contributed by atoms with Gasteiger partial charge in [0.1, 0.15) is 5.41 Å². The Hall–Kier alpha value is -1.82. The molecule has 0 unspecified atom stereocenters. The van der Waals surface area contributed by atoms with E-state index in [0.717, 1.165) is 12.8 Å². The second-order valence-electron chi connectivity index (χ2n) is 5.36. The van der Waals surface area contributed by atoms with Gasteiger partial charge < -0.3 is 0 Å². The number of rotatable bonds is 6. The summed E-state index contributed by atoms with van der Waals surface area (Å²) in [5.74, 6) is 0.102. The maximum Gasteiger partial charge on any atom is 0.242 e. The van der Waals surface area contributed by atoms with Crippen molar-refractivity contribution in [2.24, 2.45) is 10.4 Å². The second-order valence-corrected chi connectivity index (χ2v) is 5.81. The maximum absolute atomic E-state index is 12.5. The molecule has 22 heavy (non-hydrogen) atoms. The summed E-state index contributed by atoms with van der Waals surface area (Å²) in [5.41, 5.74) is -0.360. The summed E-state index contributed by atoms with van der Waals surface area (Å²) in [7, 11) is 0. The quantitative estimate of drug-likeness (QED) is 0.557. The maximum atomic E-state index is 12.5. The summed E-state index contributed by atoms with van der Waals surface area (Å²) >= 11 is 4.20. The molecule has 0 spiro atoms. The smallest absolute Gasteiger partial charge is 0.242 e. The fourth-order valence-corrected chi connectivity index (χ4v) is 2.91. The topological polar surface area (TPSA) is 70.6 Å². The van der Waals surface area contributed by atoms with E-state index in [1.165, 1.54) is 0 Å². The van der Waals surface area contributed by atoms with E-state index in [1.54, 1.807) is 12.1 Å². The van der Waals surface area contributed by atoms with Crippen molar-refractivity contribution in [2.45, 2.75) is 32.6 Å². The SMILES string of the molecule is CCCCC1(CCS)C(=O)NC(=Nc2ccccc2)NC1=O. The number of nitrogens with zero attached hydrogens (tertiary/aromatic N) is 1. The number of unbranched alkanes of at least 4 members (excludes halogenated alkanes) is 1. The zero-order chi connectivity index (χ0) is 16.0. The number of amides is 2. The minimum Gasteiger partial charge on any atom is -0.295 e. The highest BCUT2D eigenvalue weighted by Gasteiger charge is 2.48. The van der Waals surface area contributed by atoms with E-state index in [0.29, 0.717) is 24.3 Å². The molecule has 1 saturated heterocycles. The van der Waals surface area contributed by atoms with E-state index in [2.05, 4.69) is 28.3 Å². The molecule has 1 aromatic carbocycles. The van der Waals surface area contributed by atoms with Gasteiger partial charge in [-0.25, -0.2) is 4.99 Å². The number of carbonyl (C=O) groups excluding carboxylic acids is 2. The van der Waals surface area contributed by atoms with E-state index < -0.39 is 5.41 Å². The molecule has 0 saturated carbocycles. The average molecular weight is 319 g/mol. The summed E-state index contributed by atoms with van der Waals surface area (Å²) in [6, 6.07) is 9.18. The van der Waals surface area contributed by atoms with Gasteiger partial charge in [-0.3, -0.25) is 20.2 Å². The lowest BCUT2D eigenvalue weighted by molar-refractivity contribution is -0.144. The molecular formula is C16H21N3O2S. The molecule has 0 bridgehead atoms. The number of nitrogens with one attached hydrogen (secondary N) is 2. The third-order valence-corrected chi connectivity index (χ3v) is 4.05. The molecule has 0 atom stereocenters. The van der Waals surface area contributed by atoms with Gasteiger partial charge in [0.2, 0.25) is 17.8 Å². The molecule has 1 aromatic rings. The van der Waals surface area contributed by atoms with Crippen LogP contribution in [0.3, 0.4) is 0 Å². The first-order valence-corrected chi connectivity index (χ1v) is 8.13. The fraction of sp³-hybridized carbons (Fsp3) is 0.438. The van der Waals surface area contributed by atoms with E-state index in [1.807, 2.05) is 25.1 Å². The van der Waals surface area contributed by atoms with Gasteiger partial charge in [0.15, 0.2) is 0 Å². The standard InChI is InChI=1S/C16H21N3O2S/c1-2-3-9-16(10-11-22)13(20)18-15(19-14(16)21)17-12-7-5-4-6-8-12/h4-8,22H,2-3,9-11H2,1H3,(H2,17,18,19,20,21). The molecule has 0 radical (unpaired) electrons. The van der Waals surface area contributed by atoms with Gasteiger partial charge in [-0.15, -0.1) is 0 Å². The van der Waals surface area contributed by atoms with Gasteiger partial charge in [0.05, 0.1) is 5.69 Å². The highest BCUT2D eigenvalue weighted by molar-refractivity contribution is 7.80. The largest absolute Gasteiger partial charge is 0.295 e. The number of hydrogen-bond donors (Lipinski definition) is 3. The van der Waals surface area contributed by atoms with Crippen LogP contribution < -0.4 is 10.6 Å². The molecule has 6 heteroatoms. The van der Waals surface area contributed by atoms with E-state index in [-0.39, 0.29) is 17.8 Å². The van der Waals surface area contributed by atoms with Crippen LogP contribution in [0.15, 0.2) is 35.3 Å². The van der Waals surface area contributed by atoms with Crippen molar-refractivity contribution in [3.63, 3.8) is 0 Å². The summed E-state index contributed by atoms with van der Waals surface area (Å²) in [4.78, 5) is 29.3. The first kappa shape index (κ1) is 16.5. The van der Waals surface area contributed by atoms with Crippen LogP contribution in [0.4, 0.5) is 5.69 Å². The molecule has 0 aromatic heterocycles. The van der Waals surface area contributed by atoms with Gasteiger partial charge in [-0.1, -0.05) is 38.0 Å². The predicted molar refractivity (Wildman–Crippen MR) is 90.3 cm³/mol. The third kappa shape index (κ3) is 3.50. The second kappa shape index (κ2) is 7.45. The van der Waals surface area contributed by atoms with Crippen LogP contribution in [0.1, 0.15) is 32.6 Å². The fourth-order valence-electron chi connectivity index (χ4n) is 2.52. The summed E-state index contributed by atoms with van der Waals surface area (Å²) in [6.45, 7) is 2.04. The van der Waals surface area contributed by atoms with Gasteiger partial charge in [-0.05, 0) is 30.7 Å². The van der Waals surface area contributed by atoms with Gasteiger partial charge in [0, 0.05) is 0 Å². The first-order chi connectivity index (χ1) is 10.6. The molecule has 118 valence electrons. The Morgan fingerprint density at radius 1 is 1.09 bits per heavy atom. The molecule has 1 fully saturated rings. The molecule has 0 aliphatic carbocycles. The Morgan fingerprint density at radius 3 is 2.27 bits per heavy atom. The summed E-state index contributed by atoms with van der Waals surface area (Å²) in [6.07, 6.45) is 2.70. The van der Waals surface area contributed by atoms with Crippen LogP contribution in [-0.4, -0.2) is 23.5 Å². The highest BCUT2D eigenvalue weighted by atomic mass is 32.1. The van der Waals surface area contributed by atoms with Crippen molar-refractivity contribution in [1.29, 1.82) is 0 Å². The van der Waals surface area contributed by atoms with Crippen LogP contribution in [0.2, 0.25) is 0 Å². The Kier molecular flexibility index (Phi) is 5.60. The third-order valence-electron chi connectivity index (χ3n) is 3.83. The zero-order valence-electron chi connectivity index (χ0n) is 12.6. The molecule has 5 nitrogen and oxygen atoms in total. The molecule has 2 N–H and O–H groups in total. The van der Waals surface area contributed by atoms with Crippen molar-refractivity contribution in [3.05, 3.63) is 30.3 Å². The normalized spacial score (nSPS) is 21.3. The van der Waals surface area contributed by atoms with Crippen LogP contribution in [0.5, 0.6) is 0 Å². The molecule has 2 rings (SSSR count). The van der Waals surface area contributed by atoms with Gasteiger partial charge >= 0.3 is 0 Å². The Morgan fingerprint density at radius 2 is 1.73 bits per heavy atom. The van der Waals surface area contributed by atoms with E-state index in [4.69, 9.17) is 0 Å². The van der Waals surface area contributed by atoms with Crippen molar-refractivity contribution in [3.8, 4) is 0 Å². The minimum absolute atomic E-state index is 0.187. The number of thiol groups is 1. The lowest BCUT2D eigenvalue weighted by Gasteiger charge is -2.35. The van der Waals surface area contributed by atoms with Crippen molar-refractivity contribution < 1.29 is 9.59 Å². The number of para-hydroxylation sites is 1. The number of aliphatic imine (C=N–C) groups is 1. The Bertz CT molecular complexity index is 552. The number of guanidine groups is 1. The average Bonchev–Trinajstić information content (AvgIpc) is 2.51. The van der Waals surface area contributed by atoms with Crippen LogP contribution in [0, 0.1) is 5.41 Å². The molecule has 1 aliphatic rings. The van der Waals surface area contributed by atoms with Crippen molar-refractivity contribution in [2.75, 3.05) is 5.75 Å². The summed E-state index contributed by atoms with van der Waals surface area (Å²) < 4.78 is 0. The van der Waals surface area contributed by atoms with Crippen LogP contribution in [0.25, 0.3) is 0 Å². The Balaban J connectivity index is 2.22. The van der Waals surface area contributed by atoms with Gasteiger partial charge in [0.25, 0.3) is 0 Å². The monoisotopic (exact) mass is 319 g/mol. The number of carbonyl (C=O) groups is 2.